The minimum absolute atomic E-state index is 0.0423. The van der Waals surface area contributed by atoms with Gasteiger partial charge in [-0.1, -0.05) is 78.9 Å². The van der Waals surface area contributed by atoms with Gasteiger partial charge >= 0.3 is 0 Å². The lowest BCUT2D eigenvalue weighted by Crippen LogP contribution is -2.57. The standard InChI is InChI=1S/C40H35N3O3/c1-2-24-23-43-20-18-26(24)22-34(43)38(31-17-19-41-33-14-8-7-13-30(31)33)42-40(46)32-21-27-10-4-6-12-29(27)37(39(32)45)36-28-11-5-3-9-25(28)15-16-35(36)44/h2-17,19,21,24,26,34,38,44-45H,1,18,20,22-23H2,(H,42,46)/t24-,26-,34-,38-/m0/s1. The predicted molar refractivity (Wildman–Crippen MR) is 184 cm³/mol. The molecule has 4 heterocycles. The van der Waals surface area contributed by atoms with Crippen LogP contribution in [0.3, 0.4) is 0 Å². The van der Waals surface area contributed by atoms with Crippen LogP contribution in [-0.4, -0.2) is 45.1 Å². The van der Waals surface area contributed by atoms with Crippen molar-refractivity contribution < 1.29 is 15.0 Å². The van der Waals surface area contributed by atoms with Gasteiger partial charge in [-0.05, 0) is 82.6 Å². The van der Waals surface area contributed by atoms with Crippen LogP contribution in [0.5, 0.6) is 11.5 Å². The molecule has 3 N–H and O–H groups in total. The number of nitrogens with zero attached hydrogens (tertiary/aromatic N) is 2. The van der Waals surface area contributed by atoms with E-state index in [1.807, 2.05) is 85.1 Å². The van der Waals surface area contributed by atoms with Crippen molar-refractivity contribution in [3.8, 4) is 22.6 Å². The average Bonchev–Trinajstić information content (AvgIpc) is 3.10. The van der Waals surface area contributed by atoms with E-state index >= 15 is 0 Å². The molecule has 0 aliphatic carbocycles. The Balaban J connectivity index is 1.28. The van der Waals surface area contributed by atoms with Gasteiger partial charge in [-0.3, -0.25) is 14.7 Å². The number of piperidine rings is 3. The normalized spacial score (nSPS) is 21.4. The smallest absolute Gasteiger partial charge is 0.255 e. The van der Waals surface area contributed by atoms with Crippen molar-refractivity contribution in [1.82, 2.24) is 15.2 Å². The van der Waals surface area contributed by atoms with Gasteiger partial charge in [0.25, 0.3) is 5.91 Å². The van der Waals surface area contributed by atoms with Crippen molar-refractivity contribution in [2.24, 2.45) is 11.8 Å². The molecular formula is C40H35N3O3. The largest absolute Gasteiger partial charge is 0.507 e. The fourth-order valence-corrected chi connectivity index (χ4v) is 8.00. The molecule has 1 aromatic heterocycles. The lowest BCUT2D eigenvalue weighted by molar-refractivity contribution is 0.00169. The molecule has 5 aromatic carbocycles. The summed E-state index contributed by atoms with van der Waals surface area (Å²) in [5.41, 5.74) is 3.01. The number of aromatic nitrogens is 1. The fraction of sp³-hybridized carbons (Fsp3) is 0.200. The third-order valence-corrected chi connectivity index (χ3v) is 10.3. The van der Waals surface area contributed by atoms with Crippen LogP contribution in [0.4, 0.5) is 0 Å². The van der Waals surface area contributed by atoms with E-state index in [1.54, 1.807) is 12.1 Å². The zero-order chi connectivity index (χ0) is 31.4. The summed E-state index contributed by atoms with van der Waals surface area (Å²) in [7, 11) is 0. The first-order valence-electron chi connectivity index (χ1n) is 16.0. The minimum atomic E-state index is -0.363. The van der Waals surface area contributed by atoms with Gasteiger partial charge in [0.2, 0.25) is 0 Å². The number of nitrogens with one attached hydrogen (secondary N) is 1. The summed E-state index contributed by atoms with van der Waals surface area (Å²) in [6.45, 7) is 5.99. The highest BCUT2D eigenvalue weighted by Crippen LogP contribution is 2.47. The first-order chi connectivity index (χ1) is 22.5. The van der Waals surface area contributed by atoms with Gasteiger partial charge in [0.15, 0.2) is 0 Å². The zero-order valence-corrected chi connectivity index (χ0v) is 25.4. The van der Waals surface area contributed by atoms with Crippen molar-refractivity contribution in [1.29, 1.82) is 0 Å². The molecule has 1 amide bonds. The van der Waals surface area contributed by atoms with E-state index in [0.29, 0.717) is 23.0 Å². The highest BCUT2D eigenvalue weighted by atomic mass is 16.3. The van der Waals surface area contributed by atoms with Gasteiger partial charge < -0.3 is 15.5 Å². The Morgan fingerprint density at radius 3 is 2.37 bits per heavy atom. The second kappa shape index (κ2) is 11.3. The average molecular weight is 606 g/mol. The first-order valence-corrected chi connectivity index (χ1v) is 16.0. The summed E-state index contributed by atoms with van der Waals surface area (Å²) < 4.78 is 0. The number of carbonyl (C=O) groups excluding carboxylic acids is 1. The lowest BCUT2D eigenvalue weighted by Gasteiger charge is -2.51. The third kappa shape index (κ3) is 4.60. The highest BCUT2D eigenvalue weighted by Gasteiger charge is 2.43. The molecule has 2 bridgehead atoms. The molecule has 9 rings (SSSR count). The number of rotatable bonds is 6. The summed E-state index contributed by atoms with van der Waals surface area (Å²) in [5, 5.41) is 30.9. The van der Waals surface area contributed by atoms with Crippen molar-refractivity contribution in [3.05, 3.63) is 127 Å². The Morgan fingerprint density at radius 1 is 0.891 bits per heavy atom. The van der Waals surface area contributed by atoms with Crippen LogP contribution in [-0.2, 0) is 0 Å². The minimum Gasteiger partial charge on any atom is -0.507 e. The van der Waals surface area contributed by atoms with Gasteiger partial charge in [-0.2, -0.15) is 0 Å². The van der Waals surface area contributed by atoms with Crippen LogP contribution >= 0.6 is 0 Å². The molecule has 46 heavy (non-hydrogen) atoms. The van der Waals surface area contributed by atoms with Crippen LogP contribution in [0, 0.1) is 11.8 Å². The summed E-state index contributed by atoms with van der Waals surface area (Å²) in [5.74, 6) is 0.475. The Labute approximate surface area is 267 Å². The molecule has 0 spiro atoms. The molecule has 0 radical (unpaired) electrons. The van der Waals surface area contributed by atoms with Gasteiger partial charge in [0, 0.05) is 35.3 Å². The van der Waals surface area contributed by atoms with Crippen molar-refractivity contribution >= 4 is 38.4 Å². The van der Waals surface area contributed by atoms with E-state index in [4.69, 9.17) is 0 Å². The van der Waals surface area contributed by atoms with Crippen LogP contribution < -0.4 is 5.32 Å². The van der Waals surface area contributed by atoms with Crippen LogP contribution in [0.1, 0.15) is 34.8 Å². The van der Waals surface area contributed by atoms with E-state index < -0.39 is 0 Å². The van der Waals surface area contributed by atoms with Gasteiger partial charge in [-0.25, -0.2) is 0 Å². The molecule has 3 fully saturated rings. The Hall–Kier alpha value is -5.20. The van der Waals surface area contributed by atoms with E-state index in [9.17, 15) is 15.0 Å². The van der Waals surface area contributed by atoms with Crippen molar-refractivity contribution in [3.63, 3.8) is 0 Å². The molecule has 1 unspecified atom stereocenters. The maximum atomic E-state index is 14.5. The second-order valence-electron chi connectivity index (χ2n) is 12.7. The van der Waals surface area contributed by atoms with E-state index in [0.717, 1.165) is 63.9 Å². The number of aromatic hydroxyl groups is 2. The van der Waals surface area contributed by atoms with Crippen LogP contribution in [0.2, 0.25) is 0 Å². The number of hydrogen-bond donors (Lipinski definition) is 3. The van der Waals surface area contributed by atoms with Gasteiger partial charge in [0.1, 0.15) is 11.5 Å². The number of phenolic OH excluding ortho intramolecular Hbond substituents is 2. The number of fused-ring (bicyclic) bond motifs is 6. The molecule has 228 valence electrons. The number of carbonyl (C=O) groups is 1. The molecule has 0 saturated carbocycles. The summed E-state index contributed by atoms with van der Waals surface area (Å²) in [4.78, 5) is 21.6. The summed E-state index contributed by atoms with van der Waals surface area (Å²) in [6, 6.07) is 30.5. The zero-order valence-electron chi connectivity index (χ0n) is 25.4. The monoisotopic (exact) mass is 605 g/mol. The number of amides is 1. The van der Waals surface area contributed by atoms with E-state index in [1.165, 1.54) is 0 Å². The maximum Gasteiger partial charge on any atom is 0.255 e. The molecule has 3 aliphatic rings. The Morgan fingerprint density at radius 2 is 1.61 bits per heavy atom. The van der Waals surface area contributed by atoms with Crippen LogP contribution in [0.25, 0.3) is 43.6 Å². The lowest BCUT2D eigenvalue weighted by atomic mass is 9.73. The maximum absolute atomic E-state index is 14.5. The Kier molecular flexibility index (Phi) is 6.95. The SMILES string of the molecule is C=C[C@H]1CN2CC[C@H]1C[C@H]2[C@@H](NC(=O)c1cc2ccccc2c(-c2c(O)ccc3ccccc23)c1O)c1ccnc2ccccc12. The molecular weight excluding hydrogens is 570 g/mol. The summed E-state index contributed by atoms with van der Waals surface area (Å²) in [6.07, 6.45) is 5.96. The Bertz CT molecular complexity index is 2150. The van der Waals surface area contributed by atoms with Crippen LogP contribution in [0.15, 0.2) is 116 Å². The fourth-order valence-electron chi connectivity index (χ4n) is 8.00. The molecule has 5 atom stereocenters. The summed E-state index contributed by atoms with van der Waals surface area (Å²) >= 11 is 0. The van der Waals surface area contributed by atoms with E-state index in [2.05, 4.69) is 33.9 Å². The molecule has 3 aliphatic heterocycles. The van der Waals surface area contributed by atoms with E-state index in [-0.39, 0.29) is 35.1 Å². The van der Waals surface area contributed by atoms with Gasteiger partial charge in [0.05, 0.1) is 17.1 Å². The second-order valence-corrected chi connectivity index (χ2v) is 12.7. The number of para-hydroxylation sites is 1. The van der Waals surface area contributed by atoms with Crippen molar-refractivity contribution in [2.75, 3.05) is 13.1 Å². The number of hydrogen-bond acceptors (Lipinski definition) is 5. The topological polar surface area (TPSA) is 85.7 Å². The number of pyridine rings is 1. The van der Waals surface area contributed by atoms with Crippen molar-refractivity contribution in [2.45, 2.75) is 24.9 Å². The highest BCUT2D eigenvalue weighted by molar-refractivity contribution is 6.14. The number of benzene rings is 5. The predicted octanol–water partition coefficient (Wildman–Crippen LogP) is 7.99. The molecule has 3 saturated heterocycles. The first kappa shape index (κ1) is 28.3. The third-order valence-electron chi connectivity index (χ3n) is 10.3. The molecule has 6 aromatic rings. The molecule has 6 nitrogen and oxygen atoms in total. The molecule has 6 heteroatoms. The number of phenols is 2. The van der Waals surface area contributed by atoms with Gasteiger partial charge in [-0.15, -0.1) is 6.58 Å². The quantitative estimate of drug-likeness (QED) is 0.168.